The van der Waals surface area contributed by atoms with Gasteiger partial charge in [-0.1, -0.05) is 5.16 Å². The minimum Gasteiger partial charge on any atom is -0.381 e. The van der Waals surface area contributed by atoms with Crippen LogP contribution in [0.1, 0.15) is 30.4 Å². The monoisotopic (exact) mass is 408 g/mol. The van der Waals surface area contributed by atoms with E-state index in [0.717, 1.165) is 55.7 Å². The zero-order valence-corrected chi connectivity index (χ0v) is 15.3. The van der Waals surface area contributed by atoms with Crippen LogP contribution in [-0.2, 0) is 11.3 Å². The first-order chi connectivity index (χ1) is 9.70. The van der Waals surface area contributed by atoms with Gasteiger partial charge in [0.15, 0.2) is 5.96 Å². The molecular weight excluding hydrogens is 383 g/mol. The summed E-state index contributed by atoms with van der Waals surface area (Å²) in [6, 6.07) is 0. The van der Waals surface area contributed by atoms with Crippen molar-refractivity contribution in [2.24, 2.45) is 10.9 Å². The zero-order valence-electron chi connectivity index (χ0n) is 12.9. The second kappa shape index (κ2) is 9.24. The molecule has 1 saturated heterocycles. The highest BCUT2D eigenvalue weighted by molar-refractivity contribution is 14.0. The number of nitrogens with one attached hydrogen (secondary N) is 2. The van der Waals surface area contributed by atoms with E-state index in [0.29, 0.717) is 12.5 Å². The number of rotatable bonds is 5. The van der Waals surface area contributed by atoms with E-state index in [1.54, 1.807) is 0 Å². The number of ether oxygens (including phenoxy) is 1. The Hall–Kier alpha value is -0.830. The number of aryl methyl sites for hydroxylation is 2. The van der Waals surface area contributed by atoms with Crippen LogP contribution in [0.25, 0.3) is 0 Å². The Morgan fingerprint density at radius 1 is 1.38 bits per heavy atom. The van der Waals surface area contributed by atoms with Gasteiger partial charge in [0.1, 0.15) is 5.76 Å². The summed E-state index contributed by atoms with van der Waals surface area (Å²) >= 11 is 0. The van der Waals surface area contributed by atoms with Crippen molar-refractivity contribution in [2.75, 3.05) is 26.3 Å². The van der Waals surface area contributed by atoms with E-state index in [9.17, 15) is 0 Å². The van der Waals surface area contributed by atoms with Gasteiger partial charge in [0.25, 0.3) is 0 Å². The molecule has 2 rings (SSSR count). The number of hydrogen-bond acceptors (Lipinski definition) is 4. The Kier molecular flexibility index (Phi) is 8.02. The quantitative estimate of drug-likeness (QED) is 0.443. The van der Waals surface area contributed by atoms with Crippen LogP contribution >= 0.6 is 24.0 Å². The summed E-state index contributed by atoms with van der Waals surface area (Å²) < 4.78 is 10.5. The lowest BCUT2D eigenvalue weighted by atomic mass is 10.1. The average Bonchev–Trinajstić information content (AvgIpc) is 3.05. The molecule has 0 amide bonds. The van der Waals surface area contributed by atoms with Gasteiger partial charge in [-0.05, 0) is 27.2 Å². The summed E-state index contributed by atoms with van der Waals surface area (Å²) in [6.07, 6.45) is 1.12. The second-order valence-electron chi connectivity index (χ2n) is 5.11. The topological polar surface area (TPSA) is 71.7 Å². The molecule has 0 saturated carbocycles. The fourth-order valence-electron chi connectivity index (χ4n) is 2.21. The molecule has 7 heteroatoms. The lowest BCUT2D eigenvalue weighted by molar-refractivity contribution is 0.186. The Labute approximate surface area is 143 Å². The van der Waals surface area contributed by atoms with Gasteiger partial charge >= 0.3 is 0 Å². The minimum absolute atomic E-state index is 0. The normalized spacial score (nSPS) is 18.4. The summed E-state index contributed by atoms with van der Waals surface area (Å²) in [7, 11) is 0. The first-order valence-electron chi connectivity index (χ1n) is 7.22. The molecule has 1 fully saturated rings. The first kappa shape index (κ1) is 18.2. The first-order valence-corrected chi connectivity index (χ1v) is 7.22. The third kappa shape index (κ3) is 5.46. The van der Waals surface area contributed by atoms with E-state index >= 15 is 0 Å². The van der Waals surface area contributed by atoms with Crippen molar-refractivity contribution in [1.82, 2.24) is 15.8 Å². The van der Waals surface area contributed by atoms with Crippen molar-refractivity contribution in [3.05, 3.63) is 17.0 Å². The highest BCUT2D eigenvalue weighted by Crippen LogP contribution is 2.13. The molecule has 120 valence electrons. The van der Waals surface area contributed by atoms with Crippen LogP contribution in [0.15, 0.2) is 9.52 Å². The number of aromatic nitrogens is 1. The molecular formula is C14H25IN4O2. The maximum Gasteiger partial charge on any atom is 0.191 e. The van der Waals surface area contributed by atoms with Gasteiger partial charge in [-0.15, -0.1) is 24.0 Å². The van der Waals surface area contributed by atoms with Crippen molar-refractivity contribution in [2.45, 2.75) is 33.7 Å². The van der Waals surface area contributed by atoms with Gasteiger partial charge in [0.2, 0.25) is 0 Å². The smallest absolute Gasteiger partial charge is 0.191 e. The average molecular weight is 408 g/mol. The molecule has 0 aliphatic carbocycles. The van der Waals surface area contributed by atoms with E-state index in [2.05, 4.69) is 27.7 Å². The lowest BCUT2D eigenvalue weighted by Gasteiger charge is -2.14. The number of hydrogen-bond donors (Lipinski definition) is 2. The van der Waals surface area contributed by atoms with Gasteiger partial charge in [0, 0.05) is 31.2 Å². The third-order valence-electron chi connectivity index (χ3n) is 3.50. The molecule has 0 radical (unpaired) electrons. The molecule has 1 aromatic heterocycles. The van der Waals surface area contributed by atoms with Crippen LogP contribution in [-0.4, -0.2) is 37.4 Å². The molecule has 1 aromatic rings. The second-order valence-corrected chi connectivity index (χ2v) is 5.11. The minimum atomic E-state index is 0. The van der Waals surface area contributed by atoms with Gasteiger partial charge in [-0.2, -0.15) is 0 Å². The highest BCUT2D eigenvalue weighted by atomic mass is 127. The predicted octanol–water partition coefficient (Wildman–Crippen LogP) is 2.00. The molecule has 6 nitrogen and oxygen atoms in total. The summed E-state index contributed by atoms with van der Waals surface area (Å²) in [6.45, 7) is 9.96. The summed E-state index contributed by atoms with van der Waals surface area (Å²) in [5, 5.41) is 10.6. The summed E-state index contributed by atoms with van der Waals surface area (Å²) in [5.41, 5.74) is 1.97. The number of halogens is 1. The maximum atomic E-state index is 5.38. The number of guanidine groups is 1. The van der Waals surface area contributed by atoms with Crippen LogP contribution in [0.5, 0.6) is 0 Å². The molecule has 0 spiro atoms. The molecule has 1 atom stereocenters. The number of aliphatic imine (C=N–C) groups is 1. The largest absolute Gasteiger partial charge is 0.381 e. The highest BCUT2D eigenvalue weighted by Gasteiger charge is 2.15. The Morgan fingerprint density at radius 2 is 2.19 bits per heavy atom. The molecule has 21 heavy (non-hydrogen) atoms. The fraction of sp³-hybridized carbons (Fsp3) is 0.714. The van der Waals surface area contributed by atoms with E-state index in [1.807, 2.05) is 13.8 Å². The van der Waals surface area contributed by atoms with Gasteiger partial charge < -0.3 is 19.9 Å². The predicted molar refractivity (Wildman–Crippen MR) is 93.1 cm³/mol. The van der Waals surface area contributed by atoms with Gasteiger partial charge in [-0.3, -0.25) is 0 Å². The van der Waals surface area contributed by atoms with E-state index < -0.39 is 0 Å². The van der Waals surface area contributed by atoms with E-state index in [1.165, 1.54) is 0 Å². The number of nitrogens with zero attached hydrogens (tertiary/aromatic N) is 2. The van der Waals surface area contributed by atoms with Crippen LogP contribution in [0, 0.1) is 19.8 Å². The van der Waals surface area contributed by atoms with Crippen molar-refractivity contribution < 1.29 is 9.26 Å². The van der Waals surface area contributed by atoms with E-state index in [-0.39, 0.29) is 24.0 Å². The van der Waals surface area contributed by atoms with Crippen molar-refractivity contribution in [3.63, 3.8) is 0 Å². The Morgan fingerprint density at radius 3 is 2.76 bits per heavy atom. The van der Waals surface area contributed by atoms with Crippen LogP contribution in [0.4, 0.5) is 0 Å². The Bertz CT molecular complexity index is 436. The third-order valence-corrected chi connectivity index (χ3v) is 3.50. The molecule has 1 aliphatic rings. The Balaban J connectivity index is 0.00000220. The van der Waals surface area contributed by atoms with Crippen molar-refractivity contribution >= 4 is 29.9 Å². The van der Waals surface area contributed by atoms with E-state index in [4.69, 9.17) is 9.26 Å². The van der Waals surface area contributed by atoms with Crippen LogP contribution in [0.2, 0.25) is 0 Å². The molecule has 2 N–H and O–H groups in total. The summed E-state index contributed by atoms with van der Waals surface area (Å²) in [5.74, 6) is 2.25. The molecule has 2 heterocycles. The molecule has 1 aliphatic heterocycles. The van der Waals surface area contributed by atoms with Crippen LogP contribution in [0.3, 0.4) is 0 Å². The molecule has 0 aromatic carbocycles. The van der Waals surface area contributed by atoms with Crippen LogP contribution < -0.4 is 10.6 Å². The van der Waals surface area contributed by atoms with Gasteiger partial charge in [-0.25, -0.2) is 4.99 Å². The SMILES string of the molecule is CCNC(=NCc1c(C)noc1C)NCC1CCOC1.I. The molecule has 1 unspecified atom stereocenters. The maximum absolute atomic E-state index is 5.38. The molecule has 0 bridgehead atoms. The summed E-state index contributed by atoms with van der Waals surface area (Å²) in [4.78, 5) is 4.59. The van der Waals surface area contributed by atoms with Crippen molar-refractivity contribution in [1.29, 1.82) is 0 Å². The lowest BCUT2D eigenvalue weighted by Crippen LogP contribution is -2.40. The fourth-order valence-corrected chi connectivity index (χ4v) is 2.21. The van der Waals surface area contributed by atoms with Gasteiger partial charge in [0.05, 0.1) is 18.8 Å². The van der Waals surface area contributed by atoms with Crippen molar-refractivity contribution in [3.8, 4) is 0 Å². The standard InChI is InChI=1S/C14H24N4O2.HI/c1-4-15-14(16-7-12-5-6-19-9-12)17-8-13-10(2)18-20-11(13)3;/h12H,4-9H2,1-3H3,(H2,15,16,17);1H. The zero-order chi connectivity index (χ0) is 14.4.